The highest BCUT2D eigenvalue weighted by atomic mass is 16.5. The monoisotopic (exact) mass is 473 g/mol. The van der Waals surface area contributed by atoms with Gasteiger partial charge >= 0.3 is 0 Å². The SMILES string of the molecule is CCCOc1ccc(C2C(=C(O)c3cc(C)ccc3C)C(=O)C(=O)N2CCCn2ccnc2)cc1. The van der Waals surface area contributed by atoms with Crippen LogP contribution < -0.4 is 4.74 Å². The van der Waals surface area contributed by atoms with Crippen LogP contribution in [0.1, 0.15) is 48.1 Å². The number of nitrogens with zero attached hydrogens (tertiary/aromatic N) is 3. The Balaban J connectivity index is 1.73. The maximum atomic E-state index is 13.3. The molecule has 0 spiro atoms. The molecule has 1 N–H and O–H groups in total. The average Bonchev–Trinajstić information content (AvgIpc) is 3.46. The summed E-state index contributed by atoms with van der Waals surface area (Å²) in [7, 11) is 0. The molecule has 7 nitrogen and oxygen atoms in total. The van der Waals surface area contributed by atoms with Crippen molar-refractivity contribution >= 4 is 17.4 Å². The lowest BCUT2D eigenvalue weighted by atomic mass is 9.93. The predicted octanol–water partition coefficient (Wildman–Crippen LogP) is 4.80. The Morgan fingerprint density at radius 3 is 2.54 bits per heavy atom. The molecule has 1 aliphatic heterocycles. The molecule has 4 rings (SSSR count). The van der Waals surface area contributed by atoms with E-state index in [1.54, 1.807) is 17.4 Å². The van der Waals surface area contributed by atoms with Gasteiger partial charge in [0.05, 0.1) is 24.5 Å². The van der Waals surface area contributed by atoms with Gasteiger partial charge < -0.3 is 19.3 Å². The number of carbonyl (C=O) groups excluding carboxylic acids is 2. The van der Waals surface area contributed by atoms with Gasteiger partial charge in [-0.05, 0) is 56.0 Å². The minimum atomic E-state index is -0.682. The van der Waals surface area contributed by atoms with Crippen LogP contribution in [0.4, 0.5) is 0 Å². The highest BCUT2D eigenvalue weighted by Gasteiger charge is 2.45. The average molecular weight is 474 g/mol. The van der Waals surface area contributed by atoms with Gasteiger partial charge in [-0.3, -0.25) is 9.59 Å². The smallest absolute Gasteiger partial charge is 0.295 e. The molecule has 0 aliphatic carbocycles. The number of ether oxygens (including phenoxy) is 1. The van der Waals surface area contributed by atoms with Crippen LogP contribution in [-0.4, -0.2) is 44.4 Å². The molecule has 2 heterocycles. The molecule has 7 heteroatoms. The van der Waals surface area contributed by atoms with Crippen molar-refractivity contribution in [3.8, 4) is 5.75 Å². The van der Waals surface area contributed by atoms with Crippen LogP contribution in [0.15, 0.2) is 66.8 Å². The summed E-state index contributed by atoms with van der Waals surface area (Å²) in [6.45, 7) is 7.49. The summed E-state index contributed by atoms with van der Waals surface area (Å²) < 4.78 is 7.64. The van der Waals surface area contributed by atoms with E-state index >= 15 is 0 Å². The number of aryl methyl sites for hydroxylation is 3. The molecule has 1 amide bonds. The fraction of sp³-hybridized carbons (Fsp3) is 0.321. The first kappa shape index (κ1) is 24.3. The molecule has 1 aliphatic rings. The van der Waals surface area contributed by atoms with E-state index in [9.17, 15) is 14.7 Å². The molecule has 1 fully saturated rings. The van der Waals surface area contributed by atoms with Gasteiger partial charge in [-0.15, -0.1) is 0 Å². The first-order valence-corrected chi connectivity index (χ1v) is 11.9. The van der Waals surface area contributed by atoms with E-state index in [0.29, 0.717) is 31.7 Å². The molecule has 35 heavy (non-hydrogen) atoms. The minimum absolute atomic E-state index is 0.119. The van der Waals surface area contributed by atoms with Crippen molar-refractivity contribution in [3.05, 3.63) is 89.0 Å². The first-order valence-electron chi connectivity index (χ1n) is 11.9. The van der Waals surface area contributed by atoms with E-state index < -0.39 is 17.7 Å². The number of aromatic nitrogens is 2. The van der Waals surface area contributed by atoms with Crippen LogP contribution in [0.25, 0.3) is 5.76 Å². The second kappa shape index (κ2) is 10.6. The topological polar surface area (TPSA) is 84.7 Å². The lowest BCUT2D eigenvalue weighted by Gasteiger charge is -2.25. The summed E-state index contributed by atoms with van der Waals surface area (Å²) in [5.41, 5.74) is 3.23. The summed E-state index contributed by atoms with van der Waals surface area (Å²) in [5, 5.41) is 11.4. The van der Waals surface area contributed by atoms with Crippen molar-refractivity contribution in [1.29, 1.82) is 0 Å². The standard InChI is InChI=1S/C28H31N3O4/c1-4-16-35-22-10-8-21(9-11-22)25-24(26(32)23-17-19(2)6-7-20(23)3)27(33)28(34)31(25)14-5-13-30-15-12-29-18-30/h6-12,15,17-18,25,32H,4-5,13-14,16H2,1-3H3. The molecule has 0 radical (unpaired) electrons. The largest absolute Gasteiger partial charge is 0.507 e. The van der Waals surface area contributed by atoms with Crippen LogP contribution >= 0.6 is 0 Å². The summed E-state index contributed by atoms with van der Waals surface area (Å²) in [5.74, 6) is -0.679. The van der Waals surface area contributed by atoms with E-state index in [1.807, 2.05) is 74.0 Å². The lowest BCUT2D eigenvalue weighted by Crippen LogP contribution is -2.31. The van der Waals surface area contributed by atoms with Crippen LogP contribution in [0, 0.1) is 13.8 Å². The van der Waals surface area contributed by atoms with Gasteiger partial charge in [0, 0.05) is 31.0 Å². The van der Waals surface area contributed by atoms with Gasteiger partial charge in [-0.1, -0.05) is 36.8 Å². The van der Waals surface area contributed by atoms with Crippen molar-refractivity contribution in [1.82, 2.24) is 14.5 Å². The van der Waals surface area contributed by atoms with E-state index in [4.69, 9.17) is 4.74 Å². The molecular formula is C28H31N3O4. The summed E-state index contributed by atoms with van der Waals surface area (Å²) >= 11 is 0. The van der Waals surface area contributed by atoms with Crippen LogP contribution in [-0.2, 0) is 16.1 Å². The maximum Gasteiger partial charge on any atom is 0.295 e. The van der Waals surface area contributed by atoms with Crippen LogP contribution in [0.3, 0.4) is 0 Å². The Kier molecular flexibility index (Phi) is 7.34. The van der Waals surface area contributed by atoms with Crippen molar-refractivity contribution in [2.24, 2.45) is 0 Å². The highest BCUT2D eigenvalue weighted by molar-refractivity contribution is 6.46. The van der Waals surface area contributed by atoms with Gasteiger partial charge in [0.15, 0.2) is 0 Å². The third-order valence-corrected chi connectivity index (χ3v) is 6.23. The Bertz CT molecular complexity index is 1230. The minimum Gasteiger partial charge on any atom is -0.507 e. The summed E-state index contributed by atoms with van der Waals surface area (Å²) in [6.07, 6.45) is 6.83. The van der Waals surface area contributed by atoms with Gasteiger partial charge in [0.25, 0.3) is 11.7 Å². The third kappa shape index (κ3) is 5.14. The van der Waals surface area contributed by atoms with Gasteiger partial charge in [0.2, 0.25) is 0 Å². The Morgan fingerprint density at radius 1 is 1.09 bits per heavy atom. The number of ketones is 1. The Morgan fingerprint density at radius 2 is 1.86 bits per heavy atom. The van der Waals surface area contributed by atoms with Crippen molar-refractivity contribution in [3.63, 3.8) is 0 Å². The van der Waals surface area contributed by atoms with Crippen LogP contribution in [0.2, 0.25) is 0 Å². The maximum absolute atomic E-state index is 13.3. The number of hydrogen-bond acceptors (Lipinski definition) is 5. The van der Waals surface area contributed by atoms with E-state index in [2.05, 4.69) is 4.98 Å². The van der Waals surface area contributed by atoms with Gasteiger partial charge in [0.1, 0.15) is 11.5 Å². The highest BCUT2D eigenvalue weighted by Crippen LogP contribution is 2.40. The van der Waals surface area contributed by atoms with Crippen molar-refractivity contribution < 1.29 is 19.4 Å². The van der Waals surface area contributed by atoms with Crippen molar-refractivity contribution in [2.45, 2.75) is 46.2 Å². The zero-order valence-corrected chi connectivity index (χ0v) is 20.4. The molecular weight excluding hydrogens is 442 g/mol. The molecule has 0 bridgehead atoms. The zero-order valence-electron chi connectivity index (χ0n) is 20.4. The lowest BCUT2D eigenvalue weighted by molar-refractivity contribution is -0.139. The van der Waals surface area contributed by atoms with E-state index in [-0.39, 0.29) is 11.3 Å². The molecule has 0 saturated carbocycles. The molecule has 1 saturated heterocycles. The van der Waals surface area contributed by atoms with Crippen LogP contribution in [0.5, 0.6) is 5.75 Å². The van der Waals surface area contributed by atoms with Crippen molar-refractivity contribution in [2.75, 3.05) is 13.2 Å². The van der Waals surface area contributed by atoms with Gasteiger partial charge in [-0.2, -0.15) is 0 Å². The number of imidazole rings is 1. The normalized spacial score (nSPS) is 17.2. The molecule has 2 aromatic carbocycles. The van der Waals surface area contributed by atoms with E-state index in [0.717, 1.165) is 28.9 Å². The second-order valence-corrected chi connectivity index (χ2v) is 8.88. The number of aliphatic hydroxyl groups excluding tert-OH is 1. The first-order chi connectivity index (χ1) is 16.9. The molecule has 1 unspecified atom stereocenters. The van der Waals surface area contributed by atoms with Gasteiger partial charge in [-0.25, -0.2) is 4.98 Å². The number of likely N-dealkylation sites (tertiary alicyclic amines) is 1. The number of rotatable bonds is 9. The summed E-state index contributed by atoms with van der Waals surface area (Å²) in [6, 6.07) is 12.4. The number of benzene rings is 2. The second-order valence-electron chi connectivity index (χ2n) is 8.88. The Hall–Kier alpha value is -3.87. The number of carbonyl (C=O) groups is 2. The number of aliphatic hydroxyl groups is 1. The fourth-order valence-electron chi connectivity index (χ4n) is 4.40. The molecule has 182 valence electrons. The fourth-order valence-corrected chi connectivity index (χ4v) is 4.40. The third-order valence-electron chi connectivity index (χ3n) is 6.23. The number of hydrogen-bond donors (Lipinski definition) is 1. The van der Waals surface area contributed by atoms with E-state index in [1.165, 1.54) is 0 Å². The Labute approximate surface area is 205 Å². The number of amides is 1. The molecule has 1 atom stereocenters. The summed E-state index contributed by atoms with van der Waals surface area (Å²) in [4.78, 5) is 32.1. The predicted molar refractivity (Wildman–Crippen MR) is 134 cm³/mol. The molecule has 3 aromatic rings. The zero-order chi connectivity index (χ0) is 24.9. The number of Topliss-reactive ketones (excluding diaryl/α,β-unsaturated/α-hetero) is 1. The molecule has 1 aromatic heterocycles. The quantitative estimate of drug-likeness (QED) is 0.274.